The molecule has 5 heteroatoms. The number of thiophene rings is 1. The van der Waals surface area contributed by atoms with Gasteiger partial charge in [-0.1, -0.05) is 18.0 Å². The van der Waals surface area contributed by atoms with Crippen molar-refractivity contribution in [3.8, 4) is 16.9 Å². The zero-order valence-electron chi connectivity index (χ0n) is 15.1. The van der Waals surface area contributed by atoms with Crippen molar-refractivity contribution in [3.05, 3.63) is 45.9 Å². The SMILES string of the molecule is OCc1cc2nccc(-c3cc(Cl)cc(C4CC4)c3OCC3CCC3)c2s1. The molecule has 3 aromatic rings. The molecule has 2 aliphatic carbocycles. The van der Waals surface area contributed by atoms with E-state index < -0.39 is 0 Å². The molecule has 0 radical (unpaired) electrons. The van der Waals surface area contributed by atoms with E-state index >= 15 is 0 Å². The average Bonchev–Trinajstić information content (AvgIpc) is 3.38. The summed E-state index contributed by atoms with van der Waals surface area (Å²) in [7, 11) is 0. The second-order valence-electron chi connectivity index (χ2n) is 7.70. The number of fused-ring (bicyclic) bond motifs is 1. The Hall–Kier alpha value is -1.62. The molecular weight excluding hydrogens is 378 g/mol. The first-order chi connectivity index (χ1) is 13.2. The van der Waals surface area contributed by atoms with Crippen molar-refractivity contribution in [2.45, 2.75) is 44.6 Å². The maximum Gasteiger partial charge on any atom is 0.130 e. The van der Waals surface area contributed by atoms with Crippen LogP contribution in [-0.2, 0) is 6.61 Å². The Morgan fingerprint density at radius 1 is 1.15 bits per heavy atom. The number of benzene rings is 1. The number of hydrogen-bond acceptors (Lipinski definition) is 4. The summed E-state index contributed by atoms with van der Waals surface area (Å²) in [4.78, 5) is 5.40. The minimum absolute atomic E-state index is 0.0361. The molecule has 0 spiro atoms. The minimum atomic E-state index is 0.0361. The molecule has 1 aromatic carbocycles. The molecule has 3 nitrogen and oxygen atoms in total. The Morgan fingerprint density at radius 2 is 2.00 bits per heavy atom. The van der Waals surface area contributed by atoms with Crippen LogP contribution in [0.3, 0.4) is 0 Å². The molecule has 0 atom stereocenters. The summed E-state index contributed by atoms with van der Waals surface area (Å²) in [6.45, 7) is 0.823. The normalized spacial score (nSPS) is 17.3. The van der Waals surface area contributed by atoms with E-state index in [1.807, 2.05) is 24.4 Å². The predicted molar refractivity (Wildman–Crippen MR) is 111 cm³/mol. The first kappa shape index (κ1) is 17.5. The van der Waals surface area contributed by atoms with Crippen molar-refractivity contribution >= 4 is 33.2 Å². The van der Waals surface area contributed by atoms with Gasteiger partial charge in [0.15, 0.2) is 0 Å². The highest BCUT2D eigenvalue weighted by Gasteiger charge is 2.30. The maximum atomic E-state index is 9.54. The number of hydrogen-bond donors (Lipinski definition) is 1. The van der Waals surface area contributed by atoms with Gasteiger partial charge in [-0.2, -0.15) is 0 Å². The highest BCUT2D eigenvalue weighted by Crippen LogP contribution is 2.50. The monoisotopic (exact) mass is 399 g/mol. The van der Waals surface area contributed by atoms with Crippen LogP contribution in [0.5, 0.6) is 5.75 Å². The largest absolute Gasteiger partial charge is 0.492 e. The predicted octanol–water partition coefficient (Wildman–Crippen LogP) is 6.17. The number of aliphatic hydroxyl groups excluding tert-OH is 1. The van der Waals surface area contributed by atoms with Crippen molar-refractivity contribution in [2.24, 2.45) is 5.92 Å². The standard InChI is InChI=1S/C22H22ClNO2S/c23-15-8-18(14-4-5-14)21(26-12-13-2-1-3-13)19(9-15)17-6-7-24-20-10-16(11-25)27-22(17)20/h6-10,13-14,25H,1-5,11-12H2. The zero-order valence-corrected chi connectivity index (χ0v) is 16.7. The Balaban J connectivity index is 1.65. The Bertz CT molecular complexity index is 991. The van der Waals surface area contributed by atoms with Crippen molar-refractivity contribution in [1.29, 1.82) is 0 Å². The molecular formula is C22H22ClNO2S. The quantitative estimate of drug-likeness (QED) is 0.539. The molecule has 27 heavy (non-hydrogen) atoms. The summed E-state index contributed by atoms with van der Waals surface area (Å²) in [6, 6.07) is 8.12. The van der Waals surface area contributed by atoms with Gasteiger partial charge in [0.05, 0.1) is 23.4 Å². The van der Waals surface area contributed by atoms with E-state index in [9.17, 15) is 5.11 Å². The van der Waals surface area contributed by atoms with Crippen LogP contribution in [0.2, 0.25) is 5.02 Å². The number of rotatable bonds is 6. The summed E-state index contributed by atoms with van der Waals surface area (Å²) in [6.07, 6.45) is 8.11. The lowest BCUT2D eigenvalue weighted by Crippen LogP contribution is -2.20. The molecule has 2 aromatic heterocycles. The lowest BCUT2D eigenvalue weighted by molar-refractivity contribution is 0.180. The van der Waals surface area contributed by atoms with E-state index in [0.717, 1.165) is 43.6 Å². The van der Waals surface area contributed by atoms with Crippen molar-refractivity contribution in [1.82, 2.24) is 4.98 Å². The number of ether oxygens (including phenoxy) is 1. The topological polar surface area (TPSA) is 42.4 Å². The average molecular weight is 400 g/mol. The van der Waals surface area contributed by atoms with E-state index in [4.69, 9.17) is 16.3 Å². The molecule has 0 unspecified atom stereocenters. The molecule has 0 amide bonds. The van der Waals surface area contributed by atoms with Crippen LogP contribution in [0.1, 0.15) is 48.5 Å². The number of halogens is 1. The molecule has 0 saturated heterocycles. The van der Waals surface area contributed by atoms with E-state index in [0.29, 0.717) is 11.8 Å². The van der Waals surface area contributed by atoms with Crippen LogP contribution >= 0.6 is 22.9 Å². The number of pyridine rings is 1. The Labute approximate surface area is 168 Å². The van der Waals surface area contributed by atoms with Gasteiger partial charge < -0.3 is 9.84 Å². The van der Waals surface area contributed by atoms with Crippen molar-refractivity contribution in [2.75, 3.05) is 6.61 Å². The van der Waals surface area contributed by atoms with Crippen LogP contribution in [-0.4, -0.2) is 16.7 Å². The second-order valence-corrected chi connectivity index (χ2v) is 9.27. The molecule has 0 bridgehead atoms. The second kappa shape index (κ2) is 7.08. The Kier molecular flexibility index (Phi) is 4.58. The van der Waals surface area contributed by atoms with E-state index in [1.165, 1.54) is 37.7 Å². The minimum Gasteiger partial charge on any atom is -0.492 e. The fourth-order valence-electron chi connectivity index (χ4n) is 3.81. The van der Waals surface area contributed by atoms with Gasteiger partial charge in [-0.15, -0.1) is 11.3 Å². The van der Waals surface area contributed by atoms with Gasteiger partial charge >= 0.3 is 0 Å². The highest BCUT2D eigenvalue weighted by atomic mass is 35.5. The van der Waals surface area contributed by atoms with Gasteiger partial charge in [0.1, 0.15) is 5.75 Å². The summed E-state index contributed by atoms with van der Waals surface area (Å²) >= 11 is 8.11. The third-order valence-electron chi connectivity index (χ3n) is 5.70. The summed E-state index contributed by atoms with van der Waals surface area (Å²) in [5.41, 5.74) is 4.32. The van der Waals surface area contributed by atoms with E-state index in [-0.39, 0.29) is 6.61 Å². The molecule has 2 saturated carbocycles. The molecule has 2 fully saturated rings. The third kappa shape index (κ3) is 3.35. The smallest absolute Gasteiger partial charge is 0.130 e. The van der Waals surface area contributed by atoms with Crippen LogP contribution in [0.4, 0.5) is 0 Å². The van der Waals surface area contributed by atoms with Gasteiger partial charge in [0, 0.05) is 27.2 Å². The van der Waals surface area contributed by atoms with Crippen LogP contribution in [0.25, 0.3) is 21.3 Å². The van der Waals surface area contributed by atoms with E-state index in [2.05, 4.69) is 11.1 Å². The zero-order chi connectivity index (χ0) is 18.4. The number of aliphatic hydroxyl groups is 1. The molecule has 1 N–H and O–H groups in total. The number of aromatic nitrogens is 1. The van der Waals surface area contributed by atoms with E-state index in [1.54, 1.807) is 11.3 Å². The molecule has 140 valence electrons. The van der Waals surface area contributed by atoms with Gasteiger partial charge in [-0.05, 0) is 67.3 Å². The Morgan fingerprint density at radius 3 is 2.70 bits per heavy atom. The summed E-state index contributed by atoms with van der Waals surface area (Å²) in [5.74, 6) is 2.24. The van der Waals surface area contributed by atoms with Gasteiger partial charge in [0.25, 0.3) is 0 Å². The fraction of sp³-hybridized carbons (Fsp3) is 0.409. The van der Waals surface area contributed by atoms with Crippen molar-refractivity contribution in [3.63, 3.8) is 0 Å². The highest BCUT2D eigenvalue weighted by molar-refractivity contribution is 7.19. The lowest BCUT2D eigenvalue weighted by atomic mass is 9.86. The van der Waals surface area contributed by atoms with Gasteiger partial charge in [0.2, 0.25) is 0 Å². The van der Waals surface area contributed by atoms with Gasteiger partial charge in [-0.25, -0.2) is 0 Å². The van der Waals surface area contributed by atoms with Crippen LogP contribution in [0.15, 0.2) is 30.5 Å². The maximum absolute atomic E-state index is 9.54. The molecule has 5 rings (SSSR count). The van der Waals surface area contributed by atoms with Crippen LogP contribution in [0, 0.1) is 5.92 Å². The van der Waals surface area contributed by atoms with Crippen LogP contribution < -0.4 is 4.74 Å². The fourth-order valence-corrected chi connectivity index (χ4v) is 5.04. The van der Waals surface area contributed by atoms with Crippen molar-refractivity contribution < 1.29 is 9.84 Å². The number of nitrogens with zero attached hydrogens (tertiary/aromatic N) is 1. The third-order valence-corrected chi connectivity index (χ3v) is 7.06. The molecule has 0 aliphatic heterocycles. The summed E-state index contributed by atoms with van der Waals surface area (Å²) in [5, 5.41) is 10.3. The molecule has 2 aliphatic rings. The first-order valence-corrected chi connectivity index (χ1v) is 10.9. The first-order valence-electron chi connectivity index (χ1n) is 9.68. The van der Waals surface area contributed by atoms with Gasteiger partial charge in [-0.3, -0.25) is 4.98 Å². The lowest BCUT2D eigenvalue weighted by Gasteiger charge is -2.27. The summed E-state index contributed by atoms with van der Waals surface area (Å²) < 4.78 is 7.52. The molecule has 2 heterocycles.